The van der Waals surface area contributed by atoms with Crippen LogP contribution >= 0.6 is 11.3 Å². The van der Waals surface area contributed by atoms with Crippen molar-refractivity contribution in [2.75, 3.05) is 6.54 Å². The number of thiazole rings is 1. The van der Waals surface area contributed by atoms with Gasteiger partial charge in [0, 0.05) is 5.38 Å². The molecule has 0 aliphatic carbocycles. The van der Waals surface area contributed by atoms with Crippen LogP contribution in [0.5, 0.6) is 0 Å². The summed E-state index contributed by atoms with van der Waals surface area (Å²) in [4.78, 5) is 41.4. The molecule has 0 unspecified atom stereocenters. The summed E-state index contributed by atoms with van der Waals surface area (Å²) in [6.07, 6.45) is -1.01. The Balaban J connectivity index is 2.91. The molecule has 0 aliphatic heterocycles. The minimum Gasteiger partial charge on any atom is -0.476 e. The van der Waals surface area contributed by atoms with Crippen LogP contribution in [0.2, 0.25) is 0 Å². The van der Waals surface area contributed by atoms with Crippen LogP contribution in [0.1, 0.15) is 10.7 Å². The lowest BCUT2D eigenvalue weighted by Crippen LogP contribution is -2.37. The molecule has 11 heteroatoms. The average molecular weight is 312 g/mol. The van der Waals surface area contributed by atoms with Crippen molar-refractivity contribution in [2.45, 2.75) is 13.0 Å². The third-order valence-electron chi connectivity index (χ3n) is 2.17. The maximum absolute atomic E-state index is 11.3. The summed E-state index contributed by atoms with van der Waals surface area (Å²) in [5.41, 5.74) is -1.26. The van der Waals surface area contributed by atoms with E-state index in [1.165, 1.54) is 16.7 Å². The van der Waals surface area contributed by atoms with Gasteiger partial charge in [0.05, 0.1) is 11.6 Å². The van der Waals surface area contributed by atoms with E-state index in [2.05, 4.69) is 15.5 Å². The number of carboxylic acid groups (broad SMARTS) is 1. The van der Waals surface area contributed by atoms with E-state index in [0.717, 1.165) is 0 Å². The van der Waals surface area contributed by atoms with Gasteiger partial charge in [-0.3, -0.25) is 4.79 Å². The Bertz CT molecular complexity index is 561. The average Bonchev–Trinajstić information content (AvgIpc) is 2.87. The Kier molecular flexibility index (Phi) is 6.49. The number of nitrogens with one attached hydrogen (secondary N) is 1. The minimum absolute atomic E-state index is 0.0903. The third-order valence-corrected chi connectivity index (χ3v) is 2.94. The largest absolute Gasteiger partial charge is 0.476 e. The van der Waals surface area contributed by atoms with E-state index in [-0.39, 0.29) is 19.7 Å². The Labute approximate surface area is 123 Å². The second-order valence-corrected chi connectivity index (χ2v) is 4.71. The summed E-state index contributed by atoms with van der Waals surface area (Å²) in [6.45, 7) is 1.42. The Morgan fingerprint density at radius 3 is 2.86 bits per heavy atom. The first-order valence-electron chi connectivity index (χ1n) is 5.57. The number of carboxylic acids is 1. The summed E-state index contributed by atoms with van der Waals surface area (Å²) >= 11 is 1.23. The molecule has 9 nitrogen and oxygen atoms in total. The van der Waals surface area contributed by atoms with Gasteiger partial charge in [0.1, 0.15) is 5.69 Å². The van der Waals surface area contributed by atoms with Gasteiger partial charge in [0.25, 0.3) is 0 Å². The van der Waals surface area contributed by atoms with Crippen molar-refractivity contribution in [3.05, 3.63) is 16.1 Å². The lowest BCUT2D eigenvalue weighted by atomic mass is 9.89. The second kappa shape index (κ2) is 8.12. The van der Waals surface area contributed by atoms with Crippen molar-refractivity contribution in [3.8, 4) is 0 Å². The Hall–Kier alpha value is -2.27. The maximum Gasteiger partial charge on any atom is 0.379 e. The molecule has 21 heavy (non-hydrogen) atoms. The number of hydrogen-bond donors (Lipinski definition) is 3. The molecule has 1 aromatic heterocycles. The zero-order valence-corrected chi connectivity index (χ0v) is 11.7. The zero-order chi connectivity index (χ0) is 15.8. The first-order valence-corrected chi connectivity index (χ1v) is 6.45. The van der Waals surface area contributed by atoms with E-state index < -0.39 is 23.5 Å². The number of aliphatic carboxylic acids is 1. The zero-order valence-electron chi connectivity index (χ0n) is 10.8. The molecule has 1 amide bonds. The molecule has 1 heterocycles. The van der Waals surface area contributed by atoms with Crippen LogP contribution in [0.15, 0.2) is 10.5 Å². The molecule has 1 rings (SSSR count). The lowest BCUT2D eigenvalue weighted by molar-refractivity contribution is -0.130. The van der Waals surface area contributed by atoms with Gasteiger partial charge in [0.2, 0.25) is 12.1 Å². The first-order chi connectivity index (χ1) is 9.99. The van der Waals surface area contributed by atoms with Gasteiger partial charge in [-0.25, -0.2) is 9.78 Å². The van der Waals surface area contributed by atoms with Crippen molar-refractivity contribution >= 4 is 42.6 Å². The summed E-state index contributed by atoms with van der Waals surface area (Å²) in [7, 11) is 0.250. The topological polar surface area (TPSA) is 138 Å². The van der Waals surface area contributed by atoms with Gasteiger partial charge in [-0.05, 0) is 6.92 Å². The normalized spacial score (nSPS) is 12.4. The highest BCUT2D eigenvalue weighted by atomic mass is 32.1. The van der Waals surface area contributed by atoms with Crippen molar-refractivity contribution in [1.29, 1.82) is 0 Å². The minimum atomic E-state index is -1.39. The van der Waals surface area contributed by atoms with E-state index in [1.807, 2.05) is 0 Å². The van der Waals surface area contributed by atoms with Gasteiger partial charge < -0.3 is 25.1 Å². The lowest BCUT2D eigenvalue weighted by Gasteiger charge is -2.12. The molecule has 0 saturated carbocycles. The molecular formula is C10H11BN3O6S. The van der Waals surface area contributed by atoms with Crippen LogP contribution in [0.4, 0.5) is 0 Å². The number of amides is 1. The molecule has 1 aromatic rings. The standard InChI is InChI=1S/C10H11BN3O6S/c1-5-13-6(3-21-5)8(10(17)18)14-20-7(2-12-4-15)9(16)11-19/h3-4,7,19H,2H2,1H3,(H,12,15)(H,17,18)/b14-8-/t7-/m0/s1. The fourth-order valence-electron chi connectivity index (χ4n) is 1.21. The van der Waals surface area contributed by atoms with E-state index >= 15 is 0 Å². The van der Waals surface area contributed by atoms with Crippen molar-refractivity contribution in [1.82, 2.24) is 10.3 Å². The number of aryl methyl sites for hydroxylation is 1. The van der Waals surface area contributed by atoms with E-state index in [9.17, 15) is 14.4 Å². The highest BCUT2D eigenvalue weighted by molar-refractivity contribution is 7.09. The number of nitrogens with zero attached hydrogens (tertiary/aromatic N) is 2. The van der Waals surface area contributed by atoms with Crippen LogP contribution in [-0.2, 0) is 19.2 Å². The maximum atomic E-state index is 11.3. The highest BCUT2D eigenvalue weighted by Gasteiger charge is 2.23. The molecule has 0 saturated heterocycles. The van der Waals surface area contributed by atoms with Crippen LogP contribution < -0.4 is 5.32 Å². The first kappa shape index (κ1) is 16.8. The van der Waals surface area contributed by atoms with Crippen molar-refractivity contribution in [3.63, 3.8) is 0 Å². The van der Waals surface area contributed by atoms with Gasteiger partial charge in [-0.1, -0.05) is 5.16 Å². The van der Waals surface area contributed by atoms with Crippen LogP contribution in [0.25, 0.3) is 0 Å². The fraction of sp³-hybridized carbons (Fsp3) is 0.300. The third kappa shape index (κ3) is 4.97. The van der Waals surface area contributed by atoms with E-state index in [1.54, 1.807) is 6.92 Å². The summed E-state index contributed by atoms with van der Waals surface area (Å²) < 4.78 is 0. The van der Waals surface area contributed by atoms with Crippen LogP contribution in [0.3, 0.4) is 0 Å². The molecule has 111 valence electrons. The summed E-state index contributed by atoms with van der Waals surface area (Å²) in [5.74, 6) is -1.39. The predicted octanol–water partition coefficient (Wildman–Crippen LogP) is -1.49. The number of rotatable bonds is 9. The predicted molar refractivity (Wildman–Crippen MR) is 72.9 cm³/mol. The Morgan fingerprint density at radius 2 is 2.38 bits per heavy atom. The number of aromatic nitrogens is 1. The number of hydrogen-bond acceptors (Lipinski definition) is 8. The van der Waals surface area contributed by atoms with Crippen molar-refractivity contribution < 1.29 is 29.4 Å². The fourth-order valence-corrected chi connectivity index (χ4v) is 1.81. The summed E-state index contributed by atoms with van der Waals surface area (Å²) in [5, 5.41) is 25.4. The molecule has 0 fully saturated rings. The van der Waals surface area contributed by atoms with Gasteiger partial charge in [-0.2, -0.15) is 0 Å². The molecule has 0 aromatic carbocycles. The second-order valence-electron chi connectivity index (χ2n) is 3.65. The quantitative estimate of drug-likeness (QED) is 0.218. The molecule has 0 aliphatic rings. The van der Waals surface area contributed by atoms with E-state index in [4.69, 9.17) is 15.0 Å². The van der Waals surface area contributed by atoms with E-state index in [0.29, 0.717) is 11.4 Å². The Morgan fingerprint density at radius 1 is 1.67 bits per heavy atom. The van der Waals surface area contributed by atoms with Gasteiger partial charge >= 0.3 is 13.5 Å². The molecule has 0 spiro atoms. The molecule has 0 bridgehead atoms. The van der Waals surface area contributed by atoms with Crippen molar-refractivity contribution in [2.24, 2.45) is 5.16 Å². The monoisotopic (exact) mass is 312 g/mol. The molecular weight excluding hydrogens is 301 g/mol. The number of carbonyl (C=O) groups is 3. The van der Waals surface area contributed by atoms with Crippen LogP contribution in [0, 0.1) is 6.92 Å². The molecule has 3 N–H and O–H groups in total. The smallest absolute Gasteiger partial charge is 0.379 e. The van der Waals surface area contributed by atoms with Gasteiger partial charge in [0.15, 0.2) is 11.8 Å². The highest BCUT2D eigenvalue weighted by Crippen LogP contribution is 2.10. The molecule has 1 radical (unpaired) electrons. The molecule has 1 atom stereocenters. The SMILES string of the molecule is Cc1nc(/C(=N/O[C@@H](CNC=O)C(=O)[B]O)C(=O)O)cs1. The number of oxime groups is 1. The summed E-state index contributed by atoms with van der Waals surface area (Å²) in [6, 6.07) is 0. The van der Waals surface area contributed by atoms with Crippen LogP contribution in [-0.4, -0.2) is 59.0 Å². The van der Waals surface area contributed by atoms with Gasteiger partial charge in [-0.15, -0.1) is 11.3 Å². The number of carbonyl (C=O) groups excluding carboxylic acids is 2.